The van der Waals surface area contributed by atoms with E-state index < -0.39 is 10.0 Å². The normalized spacial score (nSPS) is 11.0. The van der Waals surface area contributed by atoms with Crippen molar-refractivity contribution in [2.45, 2.75) is 17.7 Å². The molecule has 0 aliphatic carbocycles. The highest BCUT2D eigenvalue weighted by Gasteiger charge is 2.16. The lowest BCUT2D eigenvalue weighted by atomic mass is 9.99. The summed E-state index contributed by atoms with van der Waals surface area (Å²) < 4.78 is 27.5. The van der Waals surface area contributed by atoms with E-state index in [1.807, 2.05) is 36.4 Å². The third-order valence-electron chi connectivity index (χ3n) is 5.11. The standard InChI is InChI=1S/C26H23N3O3S/c30-26(24-11-5-4-10-21(24)14-13-20-8-2-1-3-9-20)28-22-15-17-23(18-16-22)33(31,32)29-25-12-6-7-19-27-25/h1-12,15-19H,13-14H2,(H,27,29)(H,28,30). The summed E-state index contributed by atoms with van der Waals surface area (Å²) in [4.78, 5) is 17.0. The fourth-order valence-electron chi connectivity index (χ4n) is 3.42. The Labute approximate surface area is 193 Å². The van der Waals surface area contributed by atoms with Gasteiger partial charge in [-0.2, -0.15) is 0 Å². The minimum absolute atomic E-state index is 0.0782. The number of nitrogens with one attached hydrogen (secondary N) is 2. The monoisotopic (exact) mass is 457 g/mol. The highest BCUT2D eigenvalue weighted by atomic mass is 32.2. The van der Waals surface area contributed by atoms with Gasteiger partial charge in [0.2, 0.25) is 0 Å². The third-order valence-corrected chi connectivity index (χ3v) is 6.48. The predicted octanol–water partition coefficient (Wildman–Crippen LogP) is 4.92. The number of carbonyl (C=O) groups excluding carboxylic acids is 1. The molecular formula is C26H23N3O3S. The number of anilines is 2. The molecule has 1 amide bonds. The summed E-state index contributed by atoms with van der Waals surface area (Å²) in [5, 5.41) is 2.86. The zero-order chi connectivity index (χ0) is 23.1. The van der Waals surface area contributed by atoms with Gasteiger partial charge in [0, 0.05) is 17.4 Å². The van der Waals surface area contributed by atoms with Crippen LogP contribution in [0.3, 0.4) is 0 Å². The van der Waals surface area contributed by atoms with Crippen LogP contribution < -0.4 is 10.0 Å². The van der Waals surface area contributed by atoms with Crippen molar-refractivity contribution in [2.24, 2.45) is 0 Å². The van der Waals surface area contributed by atoms with Gasteiger partial charge in [-0.05, 0) is 66.4 Å². The molecule has 0 saturated carbocycles. The molecule has 0 unspecified atom stereocenters. The topological polar surface area (TPSA) is 88.2 Å². The third kappa shape index (κ3) is 5.84. The van der Waals surface area contributed by atoms with E-state index >= 15 is 0 Å². The first-order chi connectivity index (χ1) is 16.0. The Morgan fingerprint density at radius 2 is 1.45 bits per heavy atom. The number of carbonyl (C=O) groups is 1. The number of benzene rings is 3. The van der Waals surface area contributed by atoms with E-state index in [4.69, 9.17) is 0 Å². The number of pyridine rings is 1. The van der Waals surface area contributed by atoms with Gasteiger partial charge in [-0.3, -0.25) is 9.52 Å². The van der Waals surface area contributed by atoms with Crippen LogP contribution in [0.2, 0.25) is 0 Å². The lowest BCUT2D eigenvalue weighted by Crippen LogP contribution is -2.16. The number of hydrogen-bond donors (Lipinski definition) is 2. The lowest BCUT2D eigenvalue weighted by molar-refractivity contribution is 0.102. The van der Waals surface area contributed by atoms with Crippen molar-refractivity contribution in [1.29, 1.82) is 0 Å². The zero-order valence-electron chi connectivity index (χ0n) is 17.8. The molecule has 4 rings (SSSR count). The van der Waals surface area contributed by atoms with E-state index in [1.165, 1.54) is 23.9 Å². The number of hydrogen-bond acceptors (Lipinski definition) is 4. The van der Waals surface area contributed by atoms with Crippen molar-refractivity contribution < 1.29 is 13.2 Å². The molecule has 0 saturated heterocycles. The zero-order valence-corrected chi connectivity index (χ0v) is 18.6. The van der Waals surface area contributed by atoms with Crippen LogP contribution in [0.15, 0.2) is 108 Å². The Hall–Kier alpha value is -3.97. The quantitative estimate of drug-likeness (QED) is 0.393. The SMILES string of the molecule is O=C(Nc1ccc(S(=O)(=O)Nc2ccccn2)cc1)c1ccccc1CCc1ccccc1. The van der Waals surface area contributed by atoms with Crippen molar-refractivity contribution in [3.05, 3.63) is 120 Å². The number of rotatable bonds is 8. The van der Waals surface area contributed by atoms with Crippen LogP contribution in [0.1, 0.15) is 21.5 Å². The lowest BCUT2D eigenvalue weighted by Gasteiger charge is -2.11. The molecule has 0 aliphatic rings. The fraction of sp³-hybridized carbons (Fsp3) is 0.0769. The summed E-state index contributed by atoms with van der Waals surface area (Å²) in [7, 11) is -3.78. The number of amides is 1. The van der Waals surface area contributed by atoms with Crippen molar-refractivity contribution in [3.8, 4) is 0 Å². The molecule has 0 fully saturated rings. The second kappa shape index (κ2) is 10.1. The summed E-state index contributed by atoms with van der Waals surface area (Å²) in [6.45, 7) is 0. The largest absolute Gasteiger partial charge is 0.322 e. The van der Waals surface area contributed by atoms with Gasteiger partial charge in [-0.15, -0.1) is 0 Å². The van der Waals surface area contributed by atoms with E-state index in [1.54, 1.807) is 36.4 Å². The summed E-state index contributed by atoms with van der Waals surface area (Å²) in [5.74, 6) is 0.00266. The van der Waals surface area contributed by atoms with E-state index in [0.29, 0.717) is 11.3 Å². The highest BCUT2D eigenvalue weighted by molar-refractivity contribution is 7.92. The molecule has 166 valence electrons. The van der Waals surface area contributed by atoms with E-state index in [0.717, 1.165) is 18.4 Å². The van der Waals surface area contributed by atoms with Crippen LogP contribution in [0, 0.1) is 0 Å². The molecule has 1 heterocycles. The number of aromatic nitrogens is 1. The van der Waals surface area contributed by atoms with Crippen molar-refractivity contribution >= 4 is 27.4 Å². The first-order valence-corrected chi connectivity index (χ1v) is 12.0. The van der Waals surface area contributed by atoms with E-state index in [-0.39, 0.29) is 16.6 Å². The fourth-order valence-corrected chi connectivity index (χ4v) is 4.43. The van der Waals surface area contributed by atoms with Gasteiger partial charge in [0.05, 0.1) is 4.90 Å². The Morgan fingerprint density at radius 1 is 0.758 bits per heavy atom. The minimum atomic E-state index is -3.78. The molecule has 0 aliphatic heterocycles. The molecule has 2 N–H and O–H groups in total. The van der Waals surface area contributed by atoms with Crippen molar-refractivity contribution in [3.63, 3.8) is 0 Å². The first kappa shape index (κ1) is 22.2. The summed E-state index contributed by atoms with van der Waals surface area (Å²) >= 11 is 0. The van der Waals surface area contributed by atoms with Gasteiger partial charge < -0.3 is 5.32 Å². The molecule has 1 aromatic heterocycles. The van der Waals surface area contributed by atoms with Crippen LogP contribution in [0.5, 0.6) is 0 Å². The number of sulfonamides is 1. The maximum atomic E-state index is 12.9. The molecule has 0 spiro atoms. The molecule has 6 nitrogen and oxygen atoms in total. The highest BCUT2D eigenvalue weighted by Crippen LogP contribution is 2.19. The minimum Gasteiger partial charge on any atom is -0.322 e. The van der Waals surface area contributed by atoms with Gasteiger partial charge in [-0.25, -0.2) is 13.4 Å². The molecule has 4 aromatic rings. The molecule has 0 atom stereocenters. The number of aryl methyl sites for hydroxylation is 2. The first-order valence-electron chi connectivity index (χ1n) is 10.5. The molecule has 7 heteroatoms. The molecule has 3 aromatic carbocycles. The Balaban J connectivity index is 1.44. The maximum absolute atomic E-state index is 12.9. The molecule has 0 radical (unpaired) electrons. The Bertz CT molecular complexity index is 1320. The summed E-state index contributed by atoms with van der Waals surface area (Å²) in [6, 6.07) is 28.6. The van der Waals surface area contributed by atoms with Gasteiger partial charge in [0.1, 0.15) is 5.82 Å². The van der Waals surface area contributed by atoms with Crippen LogP contribution >= 0.6 is 0 Å². The van der Waals surface area contributed by atoms with Gasteiger partial charge >= 0.3 is 0 Å². The van der Waals surface area contributed by atoms with Crippen LogP contribution in [0.25, 0.3) is 0 Å². The molecule has 0 bridgehead atoms. The Kier molecular flexibility index (Phi) is 6.80. The second-order valence-corrected chi connectivity index (χ2v) is 9.12. The average molecular weight is 458 g/mol. The van der Waals surface area contributed by atoms with E-state index in [9.17, 15) is 13.2 Å². The van der Waals surface area contributed by atoms with E-state index in [2.05, 4.69) is 27.2 Å². The number of nitrogens with zero attached hydrogens (tertiary/aromatic N) is 1. The second-order valence-electron chi connectivity index (χ2n) is 7.44. The van der Waals surface area contributed by atoms with Crippen molar-refractivity contribution in [2.75, 3.05) is 10.0 Å². The Morgan fingerprint density at radius 3 is 2.18 bits per heavy atom. The van der Waals surface area contributed by atoms with Crippen LogP contribution in [-0.4, -0.2) is 19.3 Å². The molecule has 33 heavy (non-hydrogen) atoms. The smallest absolute Gasteiger partial charge is 0.263 e. The van der Waals surface area contributed by atoms with Gasteiger partial charge in [0.15, 0.2) is 0 Å². The average Bonchev–Trinajstić information content (AvgIpc) is 2.84. The van der Waals surface area contributed by atoms with Gasteiger partial charge in [0.25, 0.3) is 15.9 Å². The van der Waals surface area contributed by atoms with Gasteiger partial charge in [-0.1, -0.05) is 54.6 Å². The summed E-state index contributed by atoms with van der Waals surface area (Å²) in [6.07, 6.45) is 3.08. The predicted molar refractivity (Wildman–Crippen MR) is 130 cm³/mol. The van der Waals surface area contributed by atoms with Crippen LogP contribution in [-0.2, 0) is 22.9 Å². The van der Waals surface area contributed by atoms with Crippen LogP contribution in [0.4, 0.5) is 11.5 Å². The maximum Gasteiger partial charge on any atom is 0.263 e. The molecular weight excluding hydrogens is 434 g/mol. The summed E-state index contributed by atoms with van der Waals surface area (Å²) in [5.41, 5.74) is 3.28. The van der Waals surface area contributed by atoms with Crippen molar-refractivity contribution in [1.82, 2.24) is 4.98 Å².